The van der Waals surface area contributed by atoms with Gasteiger partial charge in [-0.3, -0.25) is 14.6 Å². The van der Waals surface area contributed by atoms with E-state index < -0.39 is 0 Å². The molecule has 158 valence electrons. The van der Waals surface area contributed by atoms with E-state index in [1.54, 1.807) is 11.1 Å². The van der Waals surface area contributed by atoms with Crippen LogP contribution in [0.4, 0.5) is 5.82 Å². The fraction of sp³-hybridized carbons (Fsp3) is 0.333. The van der Waals surface area contributed by atoms with Crippen molar-refractivity contribution in [2.45, 2.75) is 13.0 Å². The molecular formula is C24H25N5O2. The summed E-state index contributed by atoms with van der Waals surface area (Å²) in [5, 5.41) is 0. The molecule has 0 bridgehead atoms. The van der Waals surface area contributed by atoms with Gasteiger partial charge >= 0.3 is 0 Å². The lowest BCUT2D eigenvalue weighted by Crippen LogP contribution is -2.51. The molecule has 0 spiro atoms. The minimum atomic E-state index is -0.247. The third-order valence-electron chi connectivity index (χ3n) is 6.13. The predicted molar refractivity (Wildman–Crippen MR) is 118 cm³/mol. The highest BCUT2D eigenvalue weighted by Gasteiger charge is 2.37. The molecule has 0 saturated carbocycles. The molecule has 0 aliphatic carbocycles. The number of carbonyl (C=O) groups is 2. The Labute approximate surface area is 181 Å². The Bertz CT molecular complexity index is 1100. The van der Waals surface area contributed by atoms with Gasteiger partial charge in [-0.1, -0.05) is 42.5 Å². The second-order valence-electron chi connectivity index (χ2n) is 8.19. The van der Waals surface area contributed by atoms with Gasteiger partial charge in [0.1, 0.15) is 5.82 Å². The first-order valence-electron chi connectivity index (χ1n) is 10.7. The van der Waals surface area contributed by atoms with Crippen molar-refractivity contribution < 1.29 is 9.59 Å². The van der Waals surface area contributed by atoms with E-state index in [-0.39, 0.29) is 17.7 Å². The highest BCUT2D eigenvalue weighted by Crippen LogP contribution is 2.24. The fourth-order valence-corrected chi connectivity index (χ4v) is 4.41. The maximum atomic E-state index is 13.1. The standard InChI is InChI=1S/C24H25N5O2/c30-23-14-19(17-29(23)16-18-6-2-1-3-7-18)24(31)28-12-10-27(11-13-28)22-15-25-20-8-4-5-9-21(20)26-22/h1-9,15,19H,10-14,16-17H2. The Morgan fingerprint density at radius 3 is 2.42 bits per heavy atom. The molecule has 5 rings (SSSR count). The van der Waals surface area contributed by atoms with Crippen molar-refractivity contribution in [3.63, 3.8) is 0 Å². The Kier molecular flexibility index (Phi) is 5.24. The molecule has 2 fully saturated rings. The van der Waals surface area contributed by atoms with Gasteiger partial charge in [-0.25, -0.2) is 4.98 Å². The van der Waals surface area contributed by atoms with Crippen LogP contribution in [0.3, 0.4) is 0 Å². The molecule has 2 saturated heterocycles. The van der Waals surface area contributed by atoms with Crippen molar-refractivity contribution in [1.82, 2.24) is 19.8 Å². The number of piperazine rings is 1. The maximum Gasteiger partial charge on any atom is 0.228 e. The Hall–Kier alpha value is -3.48. The van der Waals surface area contributed by atoms with Crippen molar-refractivity contribution in [3.8, 4) is 0 Å². The maximum absolute atomic E-state index is 13.1. The van der Waals surface area contributed by atoms with Gasteiger partial charge in [-0.2, -0.15) is 0 Å². The van der Waals surface area contributed by atoms with Crippen LogP contribution in [0, 0.1) is 5.92 Å². The van der Waals surface area contributed by atoms with E-state index in [1.165, 1.54) is 0 Å². The molecule has 1 aromatic heterocycles. The van der Waals surface area contributed by atoms with Crippen LogP contribution >= 0.6 is 0 Å². The number of fused-ring (bicyclic) bond motifs is 1. The Balaban J connectivity index is 1.18. The summed E-state index contributed by atoms with van der Waals surface area (Å²) in [5.74, 6) is 0.750. The molecule has 1 atom stereocenters. The zero-order valence-corrected chi connectivity index (χ0v) is 17.4. The lowest BCUT2D eigenvalue weighted by atomic mass is 10.1. The zero-order chi connectivity index (χ0) is 21.2. The van der Waals surface area contributed by atoms with Crippen LogP contribution in [-0.4, -0.2) is 64.3 Å². The quantitative estimate of drug-likeness (QED) is 0.654. The van der Waals surface area contributed by atoms with Crippen LogP contribution in [0.5, 0.6) is 0 Å². The second-order valence-corrected chi connectivity index (χ2v) is 8.19. The summed E-state index contributed by atoms with van der Waals surface area (Å²) in [7, 11) is 0. The number of benzene rings is 2. The molecule has 31 heavy (non-hydrogen) atoms. The average Bonchev–Trinajstić information content (AvgIpc) is 3.19. The van der Waals surface area contributed by atoms with E-state index in [2.05, 4.69) is 9.88 Å². The summed E-state index contributed by atoms with van der Waals surface area (Å²) in [5.41, 5.74) is 2.85. The van der Waals surface area contributed by atoms with E-state index in [9.17, 15) is 9.59 Å². The monoisotopic (exact) mass is 415 g/mol. The SMILES string of the molecule is O=C1CC(C(=O)N2CCN(c3cnc4ccccc4n3)CC2)CN1Cc1ccccc1. The van der Waals surface area contributed by atoms with Crippen molar-refractivity contribution in [3.05, 3.63) is 66.4 Å². The third-order valence-corrected chi connectivity index (χ3v) is 6.13. The van der Waals surface area contributed by atoms with E-state index in [4.69, 9.17) is 4.98 Å². The number of para-hydroxylation sites is 2. The number of nitrogens with zero attached hydrogens (tertiary/aromatic N) is 5. The number of carbonyl (C=O) groups excluding carboxylic acids is 2. The average molecular weight is 415 g/mol. The smallest absolute Gasteiger partial charge is 0.228 e. The summed E-state index contributed by atoms with van der Waals surface area (Å²) in [6, 6.07) is 17.8. The summed E-state index contributed by atoms with van der Waals surface area (Å²) in [4.78, 5) is 40.6. The van der Waals surface area contributed by atoms with Gasteiger partial charge < -0.3 is 14.7 Å². The van der Waals surface area contributed by atoms with Gasteiger partial charge in [0, 0.05) is 45.7 Å². The van der Waals surface area contributed by atoms with Crippen molar-refractivity contribution >= 4 is 28.7 Å². The highest BCUT2D eigenvalue weighted by molar-refractivity contribution is 5.89. The fourth-order valence-electron chi connectivity index (χ4n) is 4.41. The molecule has 2 amide bonds. The van der Waals surface area contributed by atoms with Gasteiger partial charge in [-0.05, 0) is 17.7 Å². The topological polar surface area (TPSA) is 69.6 Å². The molecule has 0 radical (unpaired) electrons. The molecule has 0 N–H and O–H groups in total. The van der Waals surface area contributed by atoms with E-state index in [1.807, 2.05) is 59.5 Å². The molecule has 2 aromatic carbocycles. The van der Waals surface area contributed by atoms with E-state index in [0.29, 0.717) is 45.7 Å². The van der Waals surface area contributed by atoms with Crippen LogP contribution in [0.1, 0.15) is 12.0 Å². The summed E-state index contributed by atoms with van der Waals surface area (Å²) >= 11 is 0. The predicted octanol–water partition coefficient (Wildman–Crippen LogP) is 2.33. The first kappa shape index (κ1) is 19.5. The van der Waals surface area contributed by atoms with Gasteiger partial charge in [0.2, 0.25) is 11.8 Å². The van der Waals surface area contributed by atoms with Crippen molar-refractivity contribution in [1.29, 1.82) is 0 Å². The van der Waals surface area contributed by atoms with Crippen molar-refractivity contribution in [2.24, 2.45) is 5.92 Å². The number of aromatic nitrogens is 2. The minimum Gasteiger partial charge on any atom is -0.352 e. The van der Waals surface area contributed by atoms with Crippen LogP contribution in [0.15, 0.2) is 60.8 Å². The van der Waals surface area contributed by atoms with Crippen LogP contribution in [-0.2, 0) is 16.1 Å². The zero-order valence-electron chi connectivity index (χ0n) is 17.4. The highest BCUT2D eigenvalue weighted by atomic mass is 16.2. The van der Waals surface area contributed by atoms with Crippen LogP contribution in [0.25, 0.3) is 11.0 Å². The minimum absolute atomic E-state index is 0.0623. The molecule has 2 aliphatic rings. The largest absolute Gasteiger partial charge is 0.352 e. The molecule has 7 nitrogen and oxygen atoms in total. The second kappa shape index (κ2) is 8.34. The molecule has 2 aliphatic heterocycles. The first-order valence-corrected chi connectivity index (χ1v) is 10.7. The molecular weight excluding hydrogens is 390 g/mol. The number of anilines is 1. The van der Waals surface area contributed by atoms with Crippen molar-refractivity contribution in [2.75, 3.05) is 37.6 Å². The van der Waals surface area contributed by atoms with E-state index in [0.717, 1.165) is 22.4 Å². The third kappa shape index (κ3) is 4.08. The lowest BCUT2D eigenvalue weighted by molar-refractivity contribution is -0.136. The van der Waals surface area contributed by atoms with Crippen LogP contribution in [0.2, 0.25) is 0 Å². The summed E-state index contributed by atoms with van der Waals surface area (Å²) < 4.78 is 0. The Morgan fingerprint density at radius 1 is 0.935 bits per heavy atom. The number of likely N-dealkylation sites (tertiary alicyclic amines) is 1. The summed E-state index contributed by atoms with van der Waals surface area (Å²) in [6.45, 7) is 3.77. The lowest BCUT2D eigenvalue weighted by Gasteiger charge is -2.36. The molecule has 3 aromatic rings. The number of amides is 2. The number of hydrogen-bond donors (Lipinski definition) is 0. The number of rotatable bonds is 4. The van der Waals surface area contributed by atoms with Gasteiger partial charge in [0.15, 0.2) is 0 Å². The normalized spacial score (nSPS) is 19.3. The van der Waals surface area contributed by atoms with Crippen LogP contribution < -0.4 is 4.90 Å². The van der Waals surface area contributed by atoms with Gasteiger partial charge in [0.25, 0.3) is 0 Å². The van der Waals surface area contributed by atoms with Gasteiger partial charge in [0.05, 0.1) is 23.1 Å². The number of hydrogen-bond acceptors (Lipinski definition) is 5. The first-order chi connectivity index (χ1) is 15.2. The van der Waals surface area contributed by atoms with E-state index >= 15 is 0 Å². The summed E-state index contributed by atoms with van der Waals surface area (Å²) in [6.07, 6.45) is 2.11. The Morgan fingerprint density at radius 2 is 1.65 bits per heavy atom. The molecule has 3 heterocycles. The molecule has 1 unspecified atom stereocenters. The van der Waals surface area contributed by atoms with Gasteiger partial charge in [-0.15, -0.1) is 0 Å². The molecule has 7 heteroatoms.